The molecule has 1 unspecified atom stereocenters. The van der Waals surface area contributed by atoms with E-state index < -0.39 is 15.5 Å². The number of aldehydes is 1. The molecule has 0 aliphatic heterocycles. The van der Waals surface area contributed by atoms with Crippen molar-refractivity contribution in [1.82, 2.24) is 0 Å². The lowest BCUT2D eigenvalue weighted by Gasteiger charge is -2.13. The number of hydrogen-bond acceptors (Lipinski definition) is 3. The zero-order valence-electron chi connectivity index (χ0n) is 9.10. The second-order valence-corrected chi connectivity index (χ2v) is 5.90. The normalized spacial score (nSPS) is 15.4. The average molecular weight is 244 g/mol. The highest BCUT2D eigenvalue weighted by Gasteiger charge is 2.25. The van der Waals surface area contributed by atoms with E-state index in [9.17, 15) is 17.6 Å². The molecule has 0 radical (unpaired) electrons. The Morgan fingerprint density at radius 2 is 1.81 bits per heavy atom. The minimum Gasteiger partial charge on any atom is -0.299 e. The van der Waals surface area contributed by atoms with E-state index in [1.165, 1.54) is 31.2 Å². The summed E-state index contributed by atoms with van der Waals surface area (Å²) < 4.78 is 36.5. The number of benzene rings is 1. The van der Waals surface area contributed by atoms with Crippen LogP contribution in [-0.4, -0.2) is 20.5 Å². The van der Waals surface area contributed by atoms with Crippen LogP contribution in [0.3, 0.4) is 0 Å². The number of hydrogen-bond donors (Lipinski definition) is 0. The van der Waals surface area contributed by atoms with Crippen LogP contribution >= 0.6 is 0 Å². The molecule has 0 aromatic heterocycles. The lowest BCUT2D eigenvalue weighted by atomic mass is 10.0. The van der Waals surface area contributed by atoms with Crippen molar-refractivity contribution in [3.05, 3.63) is 29.8 Å². The maximum Gasteiger partial charge on any atom is 0.187 e. The van der Waals surface area contributed by atoms with Crippen LogP contribution in [0, 0.1) is 0 Å². The third-order valence-corrected chi connectivity index (χ3v) is 4.13. The quantitative estimate of drug-likeness (QED) is 0.760. The van der Waals surface area contributed by atoms with Gasteiger partial charge in [0.25, 0.3) is 0 Å². The molecule has 5 heteroatoms. The average Bonchev–Trinajstić information content (AvgIpc) is 2.29. The largest absolute Gasteiger partial charge is 0.299 e. The van der Waals surface area contributed by atoms with Crippen LogP contribution < -0.4 is 0 Å². The first-order valence-corrected chi connectivity index (χ1v) is 6.47. The maximum absolute atomic E-state index is 13.5. The molecular weight excluding hydrogens is 231 g/mol. The van der Waals surface area contributed by atoms with Crippen LogP contribution in [0.2, 0.25) is 0 Å². The van der Waals surface area contributed by atoms with E-state index in [2.05, 4.69) is 0 Å². The first-order chi connectivity index (χ1) is 7.33. The Kier molecular flexibility index (Phi) is 3.48. The fourth-order valence-corrected chi connectivity index (χ4v) is 2.11. The smallest absolute Gasteiger partial charge is 0.187 e. The van der Waals surface area contributed by atoms with Crippen molar-refractivity contribution in [3.63, 3.8) is 0 Å². The zero-order chi connectivity index (χ0) is 12.4. The summed E-state index contributed by atoms with van der Waals surface area (Å²) in [5.74, 6) is -0.00702. The number of alkyl halides is 1. The molecule has 3 nitrogen and oxygen atoms in total. The number of halogens is 1. The predicted octanol–water partition coefficient (Wildman–Crippen LogP) is 1.86. The molecule has 1 aromatic rings. The number of sulfone groups is 1. The summed E-state index contributed by atoms with van der Waals surface area (Å²) in [7, 11) is -3.28. The third kappa shape index (κ3) is 2.47. The number of carbonyl (C=O) groups is 1. The van der Waals surface area contributed by atoms with Gasteiger partial charge in [-0.1, -0.05) is 19.1 Å². The summed E-state index contributed by atoms with van der Waals surface area (Å²) in [6.45, 7) is 2.66. The van der Waals surface area contributed by atoms with Gasteiger partial charge in [-0.25, -0.2) is 12.8 Å². The summed E-state index contributed by atoms with van der Waals surface area (Å²) in [4.78, 5) is 10.6. The van der Waals surface area contributed by atoms with Crippen molar-refractivity contribution in [1.29, 1.82) is 0 Å². The van der Waals surface area contributed by atoms with Crippen molar-refractivity contribution in [2.24, 2.45) is 0 Å². The summed E-state index contributed by atoms with van der Waals surface area (Å²) in [5, 5.41) is 0. The Bertz CT molecular complexity index is 474. The monoisotopic (exact) mass is 244 g/mol. The van der Waals surface area contributed by atoms with Gasteiger partial charge in [-0.2, -0.15) is 0 Å². The van der Waals surface area contributed by atoms with Gasteiger partial charge in [0.1, 0.15) is 0 Å². The second kappa shape index (κ2) is 4.33. The third-order valence-electron chi connectivity index (χ3n) is 2.38. The number of rotatable bonds is 4. The van der Waals surface area contributed by atoms with Gasteiger partial charge in [0.05, 0.1) is 10.6 Å². The Labute approximate surface area is 94.2 Å². The molecule has 0 heterocycles. The van der Waals surface area contributed by atoms with Gasteiger partial charge >= 0.3 is 0 Å². The molecule has 88 valence electrons. The summed E-state index contributed by atoms with van der Waals surface area (Å²) in [5.41, 5.74) is -1.92. The Morgan fingerprint density at radius 1 is 1.31 bits per heavy atom. The molecule has 0 N–H and O–H groups in total. The van der Waals surface area contributed by atoms with Gasteiger partial charge in [-0.05, 0) is 24.6 Å². The lowest BCUT2D eigenvalue weighted by molar-refractivity contribution is -0.117. The standard InChI is InChI=1S/C11H13FO3S/c1-3-16(14,15)10-6-4-9(5-7-10)11(2,12)8-13/h4-8H,3H2,1-2H3. The molecule has 0 amide bonds. The second-order valence-electron chi connectivity index (χ2n) is 3.62. The topological polar surface area (TPSA) is 51.2 Å². The van der Waals surface area contributed by atoms with E-state index in [1.807, 2.05) is 0 Å². The molecule has 0 saturated heterocycles. The first-order valence-electron chi connectivity index (χ1n) is 4.82. The van der Waals surface area contributed by atoms with Crippen molar-refractivity contribution in [2.75, 3.05) is 5.75 Å². The summed E-state index contributed by atoms with van der Waals surface area (Å²) >= 11 is 0. The van der Waals surface area contributed by atoms with Gasteiger partial charge in [0.15, 0.2) is 21.8 Å². The molecule has 1 rings (SSSR count). The molecule has 1 atom stereocenters. The molecule has 0 aliphatic carbocycles. The van der Waals surface area contributed by atoms with E-state index >= 15 is 0 Å². The van der Waals surface area contributed by atoms with Crippen LogP contribution in [0.15, 0.2) is 29.2 Å². The lowest BCUT2D eigenvalue weighted by Crippen LogP contribution is -2.16. The molecule has 16 heavy (non-hydrogen) atoms. The van der Waals surface area contributed by atoms with Crippen LogP contribution in [0.1, 0.15) is 19.4 Å². The molecular formula is C11H13FO3S. The van der Waals surface area contributed by atoms with E-state index in [0.717, 1.165) is 6.92 Å². The molecule has 1 aromatic carbocycles. The highest BCUT2D eigenvalue weighted by Crippen LogP contribution is 2.24. The molecule has 0 aliphatic rings. The zero-order valence-corrected chi connectivity index (χ0v) is 9.92. The maximum atomic E-state index is 13.5. The fourth-order valence-electron chi connectivity index (χ4n) is 1.22. The summed E-state index contributed by atoms with van der Waals surface area (Å²) in [6, 6.07) is 5.26. The predicted molar refractivity (Wildman–Crippen MR) is 58.7 cm³/mol. The van der Waals surface area contributed by atoms with E-state index in [0.29, 0.717) is 0 Å². The van der Waals surface area contributed by atoms with Gasteiger partial charge in [0, 0.05) is 0 Å². The van der Waals surface area contributed by atoms with Crippen molar-refractivity contribution in [3.8, 4) is 0 Å². The van der Waals surface area contributed by atoms with Gasteiger partial charge < -0.3 is 0 Å². The van der Waals surface area contributed by atoms with Gasteiger partial charge in [-0.3, -0.25) is 4.79 Å². The highest BCUT2D eigenvalue weighted by atomic mass is 32.2. The van der Waals surface area contributed by atoms with Crippen LogP contribution in [-0.2, 0) is 20.3 Å². The van der Waals surface area contributed by atoms with Crippen molar-refractivity contribution < 1.29 is 17.6 Å². The van der Waals surface area contributed by atoms with Crippen LogP contribution in [0.5, 0.6) is 0 Å². The molecule has 0 spiro atoms. The SMILES string of the molecule is CCS(=O)(=O)c1ccc(C(C)(F)C=O)cc1. The Morgan fingerprint density at radius 3 is 2.19 bits per heavy atom. The van der Waals surface area contributed by atoms with Gasteiger partial charge in [0.2, 0.25) is 0 Å². The Hall–Kier alpha value is -1.23. The molecule has 0 bridgehead atoms. The minimum absolute atomic E-state index is 0.00702. The Balaban J connectivity index is 3.15. The molecule has 0 fully saturated rings. The van der Waals surface area contributed by atoms with Gasteiger partial charge in [-0.15, -0.1) is 0 Å². The van der Waals surface area contributed by atoms with Crippen molar-refractivity contribution >= 4 is 16.1 Å². The van der Waals surface area contributed by atoms with E-state index in [4.69, 9.17) is 0 Å². The van der Waals surface area contributed by atoms with Crippen molar-refractivity contribution in [2.45, 2.75) is 24.4 Å². The summed E-state index contributed by atoms with van der Waals surface area (Å²) in [6.07, 6.45) is 0.191. The van der Waals surface area contributed by atoms with E-state index in [-0.39, 0.29) is 22.5 Å². The first kappa shape index (κ1) is 12.8. The molecule has 0 saturated carbocycles. The van der Waals surface area contributed by atoms with Crippen LogP contribution in [0.4, 0.5) is 4.39 Å². The van der Waals surface area contributed by atoms with Crippen LogP contribution in [0.25, 0.3) is 0 Å². The number of carbonyl (C=O) groups excluding carboxylic acids is 1. The fraction of sp³-hybridized carbons (Fsp3) is 0.364. The highest BCUT2D eigenvalue weighted by molar-refractivity contribution is 7.91. The minimum atomic E-state index is -3.28. The van der Waals surface area contributed by atoms with E-state index in [1.54, 1.807) is 0 Å².